The molecule has 6 aromatic rings. The quantitative estimate of drug-likeness (QED) is 0.0823. The van der Waals surface area contributed by atoms with Crippen LogP contribution in [-0.2, 0) is 0 Å². The van der Waals surface area contributed by atoms with Crippen LogP contribution >= 0.6 is 0 Å². The summed E-state index contributed by atoms with van der Waals surface area (Å²) in [7, 11) is 0. The molecule has 382 valence electrons. The molecule has 73 heavy (non-hydrogen) atoms. The maximum atomic E-state index is 3.43. The van der Waals surface area contributed by atoms with Gasteiger partial charge < -0.3 is 0 Å². The summed E-state index contributed by atoms with van der Waals surface area (Å²) in [5, 5.41) is 0. The Hall–Kier alpha value is -3.63. The van der Waals surface area contributed by atoms with Crippen molar-refractivity contribution >= 4 is 40.1 Å². The Kier molecular flexibility index (Phi) is 16.4. The fourth-order valence-electron chi connectivity index (χ4n) is 14.5. The van der Waals surface area contributed by atoms with E-state index in [4.69, 9.17) is 0 Å². The van der Waals surface area contributed by atoms with Crippen molar-refractivity contribution in [3.8, 4) is 44.5 Å². The fourth-order valence-corrected chi connectivity index (χ4v) is 23.5. The van der Waals surface area contributed by atoms with E-state index in [1.807, 2.05) is 0 Å². The van der Waals surface area contributed by atoms with Crippen LogP contribution in [0.4, 0.5) is 0 Å². The molecular formula is C70H89Ge2N. The van der Waals surface area contributed by atoms with Gasteiger partial charge in [-0.15, -0.1) is 0 Å². The van der Waals surface area contributed by atoms with E-state index < -0.39 is 31.3 Å². The predicted octanol–water partition coefficient (Wildman–Crippen LogP) is 18.8. The molecule has 3 heteroatoms. The fraction of sp³-hybridized carbons (Fsp3) is 0.486. The van der Waals surface area contributed by atoms with Gasteiger partial charge in [0.15, 0.2) is 0 Å². The summed E-state index contributed by atoms with van der Waals surface area (Å²) in [4.78, 5) is 0. The molecule has 4 saturated carbocycles. The Morgan fingerprint density at radius 1 is 0.315 bits per heavy atom. The van der Waals surface area contributed by atoms with Crippen LogP contribution in [0.1, 0.15) is 241 Å². The van der Waals surface area contributed by atoms with Crippen LogP contribution in [0.15, 0.2) is 109 Å². The van der Waals surface area contributed by atoms with E-state index in [1.54, 1.807) is 8.79 Å². The van der Waals surface area contributed by atoms with Crippen LogP contribution in [0.2, 0.25) is 0 Å². The molecule has 4 radical (unpaired) electrons. The van der Waals surface area contributed by atoms with Crippen molar-refractivity contribution in [2.75, 3.05) is 0 Å². The standard InChI is InChI=1S/C70H89Ge2N/c1-41(2)52-23-17-24-53(42(3)4)64(52)60-31-21-32-61(65-54(43(5)6)25-18-26-55(65)44(7)8)68(60)71-73(70-38-49-35-50(39-70)37-51(36-49)40-70)72-69-62(66-56(45(9)10)27-19-28-57(66)46(11)12)33-22-34-63(69)67-58(47(13)14)29-20-30-59(67)48(15)16/h17-34,41-51H,35-40H2,1-16H3. The van der Waals surface area contributed by atoms with Crippen molar-refractivity contribution in [3.63, 3.8) is 0 Å². The third kappa shape index (κ3) is 10.5. The summed E-state index contributed by atoms with van der Waals surface area (Å²) < 4.78 is 6.80. The number of hydrogen-bond acceptors (Lipinski definition) is 1. The minimum absolute atomic E-state index is 0.220. The molecule has 6 aromatic carbocycles. The van der Waals surface area contributed by atoms with Gasteiger partial charge in [-0.25, -0.2) is 0 Å². The molecule has 0 unspecified atom stereocenters. The molecule has 4 fully saturated rings. The number of nitrogens with zero attached hydrogens (tertiary/aromatic N) is 1. The molecule has 4 aliphatic carbocycles. The number of benzene rings is 6. The van der Waals surface area contributed by atoms with Crippen molar-refractivity contribution in [2.45, 2.75) is 202 Å². The molecule has 0 N–H and O–H groups in total. The zero-order valence-electron chi connectivity index (χ0n) is 47.9. The molecule has 1 nitrogen and oxygen atoms in total. The monoisotopic (exact) mass is 1090 g/mol. The van der Waals surface area contributed by atoms with Gasteiger partial charge >= 0.3 is 461 Å². The van der Waals surface area contributed by atoms with Gasteiger partial charge in [0.25, 0.3) is 0 Å². The van der Waals surface area contributed by atoms with Crippen molar-refractivity contribution in [3.05, 3.63) is 154 Å². The van der Waals surface area contributed by atoms with Crippen LogP contribution in [0.3, 0.4) is 0 Å². The summed E-state index contributed by atoms with van der Waals surface area (Å²) >= 11 is -1.89. The molecule has 0 aromatic heterocycles. The van der Waals surface area contributed by atoms with Crippen LogP contribution in [0.25, 0.3) is 44.5 Å². The van der Waals surface area contributed by atoms with Crippen LogP contribution in [0, 0.1) is 17.8 Å². The van der Waals surface area contributed by atoms with E-state index in [0.29, 0.717) is 47.3 Å². The van der Waals surface area contributed by atoms with Gasteiger partial charge in [-0.2, -0.15) is 0 Å². The number of rotatable bonds is 17. The van der Waals surface area contributed by atoms with Crippen LogP contribution < -0.4 is 8.79 Å². The van der Waals surface area contributed by atoms with E-state index in [0.717, 1.165) is 17.8 Å². The van der Waals surface area contributed by atoms with Gasteiger partial charge in [-0.3, -0.25) is 0 Å². The first-order chi connectivity index (χ1) is 34.8. The molecule has 10 rings (SSSR count). The predicted molar refractivity (Wildman–Crippen MR) is 321 cm³/mol. The van der Waals surface area contributed by atoms with Crippen molar-refractivity contribution in [2.24, 2.45) is 17.8 Å². The van der Waals surface area contributed by atoms with Gasteiger partial charge in [-0.05, 0) is 0 Å². The van der Waals surface area contributed by atoms with E-state index in [-0.39, 0.29) is 5.54 Å². The molecular weight excluding hydrogens is 1000 g/mol. The average molecular weight is 1090 g/mol. The van der Waals surface area contributed by atoms with Gasteiger partial charge in [0.1, 0.15) is 0 Å². The average Bonchev–Trinajstić information content (AvgIpc) is 3.34. The molecule has 0 aliphatic heterocycles. The zero-order valence-corrected chi connectivity index (χ0v) is 52.1. The van der Waals surface area contributed by atoms with E-state index >= 15 is 0 Å². The summed E-state index contributed by atoms with van der Waals surface area (Å²) in [6.45, 7) is 38.9. The van der Waals surface area contributed by atoms with Crippen LogP contribution in [-0.4, -0.2) is 39.7 Å². The summed E-state index contributed by atoms with van der Waals surface area (Å²) in [6.07, 6.45) is 8.49. The second kappa shape index (κ2) is 22.1. The normalized spacial score (nSPS) is 19.8. The van der Waals surface area contributed by atoms with E-state index in [2.05, 4.69) is 223 Å². The third-order valence-corrected chi connectivity index (χ3v) is 26.2. The Morgan fingerprint density at radius 2 is 0.507 bits per heavy atom. The molecule has 0 atom stereocenters. The first-order valence-corrected chi connectivity index (χ1v) is 32.9. The Labute approximate surface area is 458 Å². The third-order valence-electron chi connectivity index (χ3n) is 17.6. The van der Waals surface area contributed by atoms with Gasteiger partial charge in [0, 0.05) is 0 Å². The van der Waals surface area contributed by atoms with Crippen molar-refractivity contribution in [1.29, 1.82) is 0 Å². The second-order valence-electron chi connectivity index (χ2n) is 25.6. The van der Waals surface area contributed by atoms with Gasteiger partial charge in [0.05, 0.1) is 0 Å². The molecule has 4 bridgehead atoms. The van der Waals surface area contributed by atoms with Crippen molar-refractivity contribution in [1.82, 2.24) is 2.81 Å². The minimum atomic E-state index is -0.944. The summed E-state index contributed by atoms with van der Waals surface area (Å²) in [6, 6.07) is 44.4. The first kappa shape index (κ1) is 54.2. The number of hydrogen-bond donors (Lipinski definition) is 0. The molecule has 0 heterocycles. The van der Waals surface area contributed by atoms with Crippen molar-refractivity contribution < 1.29 is 0 Å². The molecule has 0 saturated heterocycles. The summed E-state index contributed by atoms with van der Waals surface area (Å²) in [5.41, 5.74) is 24.4. The first-order valence-electron chi connectivity index (χ1n) is 28.9. The Morgan fingerprint density at radius 3 is 0.699 bits per heavy atom. The van der Waals surface area contributed by atoms with E-state index in [9.17, 15) is 0 Å². The molecule has 0 amide bonds. The second-order valence-corrected chi connectivity index (χ2v) is 32.5. The van der Waals surface area contributed by atoms with E-state index in [1.165, 1.54) is 128 Å². The van der Waals surface area contributed by atoms with Gasteiger partial charge in [0.2, 0.25) is 0 Å². The Bertz CT molecular complexity index is 2440. The summed E-state index contributed by atoms with van der Waals surface area (Å²) in [5.74, 6) is 5.84. The topological polar surface area (TPSA) is 3.24 Å². The maximum absolute atomic E-state index is 3.43. The SMILES string of the molecule is CC(C)c1cccc(C(C)C)c1-c1cccc(-c2c(C(C)C)cccc2C(C)C)[c]1[Ge][N]([Ge][c]1c(-c2c(C(C)C)cccc2C(C)C)cccc1-c1c(C(C)C)cccc1C(C)C)C12CC3CC(CC(C3)C1)C2. The van der Waals surface area contributed by atoms with Gasteiger partial charge in [-0.1, -0.05) is 0 Å². The van der Waals surface area contributed by atoms with Crippen LogP contribution in [0.5, 0.6) is 0 Å². The molecule has 0 spiro atoms. The zero-order chi connectivity index (χ0) is 52.2. The Balaban J connectivity index is 1.41. The molecule has 4 aliphatic rings.